The van der Waals surface area contributed by atoms with Crippen molar-refractivity contribution in [3.8, 4) is 11.5 Å². The Morgan fingerprint density at radius 1 is 1.00 bits per heavy atom. The van der Waals surface area contributed by atoms with E-state index in [1.807, 2.05) is 0 Å². The third kappa shape index (κ3) is 3.09. The SMILES string of the molecule is COc1cc2c(cc1OC)C1C[C@@H](N)[C@@H](c3cccc(C4CC4)c3)CN1CC2. The molecule has 0 spiro atoms. The zero-order valence-electron chi connectivity index (χ0n) is 16.9. The molecule has 4 heteroatoms. The summed E-state index contributed by atoms with van der Waals surface area (Å²) in [6, 6.07) is 14.1. The third-order valence-electron chi connectivity index (χ3n) is 6.94. The first kappa shape index (κ1) is 18.0. The maximum Gasteiger partial charge on any atom is 0.161 e. The van der Waals surface area contributed by atoms with Gasteiger partial charge in [-0.05, 0) is 66.0 Å². The Morgan fingerprint density at radius 2 is 1.75 bits per heavy atom. The molecular formula is C24H30N2O2. The van der Waals surface area contributed by atoms with Crippen LogP contribution in [0.1, 0.15) is 59.4 Å². The van der Waals surface area contributed by atoms with E-state index in [-0.39, 0.29) is 6.04 Å². The first-order valence-corrected chi connectivity index (χ1v) is 10.5. The lowest BCUT2D eigenvalue weighted by Crippen LogP contribution is -2.49. The first-order valence-electron chi connectivity index (χ1n) is 10.5. The minimum Gasteiger partial charge on any atom is -0.493 e. The van der Waals surface area contributed by atoms with Crippen molar-refractivity contribution in [2.45, 2.75) is 49.6 Å². The van der Waals surface area contributed by atoms with Gasteiger partial charge in [0.25, 0.3) is 0 Å². The molecule has 1 saturated carbocycles. The number of hydrogen-bond acceptors (Lipinski definition) is 4. The van der Waals surface area contributed by atoms with Gasteiger partial charge in [0.2, 0.25) is 0 Å². The fraction of sp³-hybridized carbons (Fsp3) is 0.500. The number of methoxy groups -OCH3 is 2. The molecule has 4 nitrogen and oxygen atoms in total. The van der Waals surface area contributed by atoms with Crippen LogP contribution in [0.15, 0.2) is 36.4 Å². The molecule has 2 aromatic carbocycles. The summed E-state index contributed by atoms with van der Waals surface area (Å²) in [6.45, 7) is 2.12. The maximum atomic E-state index is 6.76. The molecule has 2 fully saturated rings. The highest BCUT2D eigenvalue weighted by Crippen LogP contribution is 2.45. The van der Waals surface area contributed by atoms with Crippen LogP contribution in [0.3, 0.4) is 0 Å². The van der Waals surface area contributed by atoms with E-state index in [1.54, 1.807) is 14.2 Å². The minimum absolute atomic E-state index is 0.176. The van der Waals surface area contributed by atoms with Crippen LogP contribution in [-0.2, 0) is 6.42 Å². The van der Waals surface area contributed by atoms with E-state index >= 15 is 0 Å². The van der Waals surface area contributed by atoms with Crippen molar-refractivity contribution in [3.63, 3.8) is 0 Å². The van der Waals surface area contributed by atoms with Crippen LogP contribution in [0, 0.1) is 0 Å². The van der Waals surface area contributed by atoms with Crippen LogP contribution in [0.5, 0.6) is 11.5 Å². The predicted molar refractivity (Wildman–Crippen MR) is 111 cm³/mol. The molecule has 2 N–H and O–H groups in total. The number of hydrogen-bond donors (Lipinski definition) is 1. The Bertz CT molecular complexity index is 877. The summed E-state index contributed by atoms with van der Waals surface area (Å²) < 4.78 is 11.1. The van der Waals surface area contributed by atoms with Gasteiger partial charge in [-0.3, -0.25) is 4.90 Å². The van der Waals surface area contributed by atoms with E-state index < -0.39 is 0 Å². The van der Waals surface area contributed by atoms with Gasteiger partial charge in [-0.2, -0.15) is 0 Å². The quantitative estimate of drug-likeness (QED) is 0.874. The lowest BCUT2D eigenvalue weighted by atomic mass is 9.78. The van der Waals surface area contributed by atoms with Gasteiger partial charge in [0, 0.05) is 31.1 Å². The second-order valence-electron chi connectivity index (χ2n) is 8.62. The van der Waals surface area contributed by atoms with Gasteiger partial charge < -0.3 is 15.2 Å². The van der Waals surface area contributed by atoms with Gasteiger partial charge in [0.05, 0.1) is 14.2 Å². The van der Waals surface area contributed by atoms with Gasteiger partial charge in [0.1, 0.15) is 0 Å². The molecule has 2 aromatic rings. The Kier molecular flexibility index (Phi) is 4.56. The van der Waals surface area contributed by atoms with Crippen molar-refractivity contribution in [3.05, 3.63) is 58.7 Å². The standard InChI is InChI=1S/C24H30N2O2/c1-27-23-11-18-8-9-26-14-20(17-5-3-4-16(10-17)15-6-7-15)21(25)13-22(26)19(18)12-24(23)28-2/h3-5,10-12,15,20-22H,6-9,13-14,25H2,1-2H3/t20-,21-,22?/m1/s1. The lowest BCUT2D eigenvalue weighted by Gasteiger charge is -2.46. The number of ether oxygens (including phenoxy) is 2. The zero-order chi connectivity index (χ0) is 19.3. The molecule has 28 heavy (non-hydrogen) atoms. The number of piperidine rings is 1. The molecule has 2 heterocycles. The monoisotopic (exact) mass is 378 g/mol. The molecule has 0 radical (unpaired) electrons. The number of rotatable bonds is 4. The zero-order valence-corrected chi connectivity index (χ0v) is 16.9. The Labute approximate surface area is 167 Å². The molecule has 1 unspecified atom stereocenters. The van der Waals surface area contributed by atoms with Crippen molar-refractivity contribution < 1.29 is 9.47 Å². The summed E-state index contributed by atoms with van der Waals surface area (Å²) in [7, 11) is 3.41. The van der Waals surface area contributed by atoms with E-state index in [1.165, 1.54) is 35.1 Å². The molecular weight excluding hydrogens is 348 g/mol. The largest absolute Gasteiger partial charge is 0.493 e. The number of nitrogens with two attached hydrogens (primary N) is 1. The summed E-state index contributed by atoms with van der Waals surface area (Å²) in [5.74, 6) is 2.84. The summed E-state index contributed by atoms with van der Waals surface area (Å²) >= 11 is 0. The number of nitrogens with zero attached hydrogens (tertiary/aromatic N) is 1. The molecule has 5 rings (SSSR count). The summed E-state index contributed by atoms with van der Waals surface area (Å²) in [4.78, 5) is 2.63. The van der Waals surface area contributed by atoms with Gasteiger partial charge >= 0.3 is 0 Å². The molecule has 1 saturated heterocycles. The Hall–Kier alpha value is -2.04. The molecule has 148 valence electrons. The summed E-state index contributed by atoms with van der Waals surface area (Å²) in [6.07, 6.45) is 4.73. The maximum absolute atomic E-state index is 6.76. The van der Waals surface area contributed by atoms with Gasteiger partial charge in [-0.15, -0.1) is 0 Å². The van der Waals surface area contributed by atoms with Crippen LogP contribution in [0.4, 0.5) is 0 Å². The first-order chi connectivity index (χ1) is 13.7. The predicted octanol–water partition coefficient (Wildman–Crippen LogP) is 4.00. The van der Waals surface area contributed by atoms with Gasteiger partial charge in [-0.1, -0.05) is 24.3 Å². The van der Waals surface area contributed by atoms with Gasteiger partial charge in [-0.25, -0.2) is 0 Å². The average Bonchev–Trinajstić information content (AvgIpc) is 3.57. The van der Waals surface area contributed by atoms with Crippen molar-refractivity contribution in [2.75, 3.05) is 27.3 Å². The van der Waals surface area contributed by atoms with Crippen molar-refractivity contribution in [1.29, 1.82) is 0 Å². The van der Waals surface area contributed by atoms with E-state index in [4.69, 9.17) is 15.2 Å². The van der Waals surface area contributed by atoms with E-state index in [0.29, 0.717) is 12.0 Å². The second kappa shape index (κ2) is 7.09. The summed E-state index contributed by atoms with van der Waals surface area (Å²) in [5, 5.41) is 0. The molecule has 0 aromatic heterocycles. The lowest BCUT2D eigenvalue weighted by molar-refractivity contribution is 0.109. The smallest absolute Gasteiger partial charge is 0.161 e. The minimum atomic E-state index is 0.176. The topological polar surface area (TPSA) is 47.7 Å². The Balaban J connectivity index is 1.43. The average molecular weight is 379 g/mol. The molecule has 1 aliphatic carbocycles. The van der Waals surface area contributed by atoms with E-state index in [2.05, 4.69) is 41.3 Å². The highest BCUT2D eigenvalue weighted by atomic mass is 16.5. The van der Waals surface area contributed by atoms with Crippen molar-refractivity contribution >= 4 is 0 Å². The fourth-order valence-corrected chi connectivity index (χ4v) is 5.20. The highest BCUT2D eigenvalue weighted by molar-refractivity contribution is 5.50. The van der Waals surface area contributed by atoms with Crippen molar-refractivity contribution in [1.82, 2.24) is 4.90 Å². The molecule has 0 bridgehead atoms. The van der Waals surface area contributed by atoms with Crippen molar-refractivity contribution in [2.24, 2.45) is 5.73 Å². The van der Waals surface area contributed by atoms with Crippen LogP contribution in [-0.4, -0.2) is 38.3 Å². The van der Waals surface area contributed by atoms with Crippen LogP contribution >= 0.6 is 0 Å². The van der Waals surface area contributed by atoms with E-state index in [9.17, 15) is 0 Å². The highest BCUT2D eigenvalue weighted by Gasteiger charge is 2.39. The van der Waals surface area contributed by atoms with E-state index in [0.717, 1.165) is 43.3 Å². The number of fused-ring (bicyclic) bond motifs is 3. The van der Waals surface area contributed by atoms with Gasteiger partial charge in [0.15, 0.2) is 11.5 Å². The van der Waals surface area contributed by atoms with Crippen LogP contribution in [0.25, 0.3) is 0 Å². The van der Waals surface area contributed by atoms with Crippen LogP contribution in [0.2, 0.25) is 0 Å². The van der Waals surface area contributed by atoms with Crippen LogP contribution < -0.4 is 15.2 Å². The molecule has 3 aliphatic rings. The third-order valence-corrected chi connectivity index (χ3v) is 6.94. The number of benzene rings is 2. The second-order valence-corrected chi connectivity index (χ2v) is 8.62. The Morgan fingerprint density at radius 3 is 2.50 bits per heavy atom. The fourth-order valence-electron chi connectivity index (χ4n) is 5.20. The molecule has 2 aliphatic heterocycles. The normalized spacial score (nSPS) is 27.0. The summed E-state index contributed by atoms with van der Waals surface area (Å²) in [5.41, 5.74) is 12.4. The molecule has 0 amide bonds. The molecule has 3 atom stereocenters.